The maximum absolute atomic E-state index is 12.1. The summed E-state index contributed by atoms with van der Waals surface area (Å²) < 4.78 is 11.1. The van der Waals surface area contributed by atoms with Crippen LogP contribution in [0.3, 0.4) is 0 Å². The first kappa shape index (κ1) is 43.6. The predicted octanol–water partition coefficient (Wildman–Crippen LogP) is 12.5. The van der Waals surface area contributed by atoms with Gasteiger partial charge in [0.1, 0.15) is 6.10 Å². The molecule has 0 rings (SSSR count). The van der Waals surface area contributed by atoms with E-state index in [1.807, 2.05) is 0 Å². The van der Waals surface area contributed by atoms with Crippen LogP contribution in [0.5, 0.6) is 0 Å². The van der Waals surface area contributed by atoms with Gasteiger partial charge in [0.15, 0.2) is 0 Å². The molecule has 0 aromatic heterocycles. The Hall–Kier alpha value is -1.39. The van der Waals surface area contributed by atoms with E-state index in [0.717, 1.165) is 25.7 Å². The first-order valence-corrected chi connectivity index (χ1v) is 19.6. The first-order chi connectivity index (χ1) is 22.2. The molecule has 0 radical (unpaired) electrons. The van der Waals surface area contributed by atoms with Gasteiger partial charge in [0, 0.05) is 13.0 Å². The molecule has 4 nitrogen and oxygen atoms in total. The summed E-state index contributed by atoms with van der Waals surface area (Å²) >= 11 is 0. The molecular formula is C41H76O4. The first-order valence-electron chi connectivity index (χ1n) is 19.6. The van der Waals surface area contributed by atoms with Crippen LogP contribution in [0.2, 0.25) is 0 Å². The second-order valence-electron chi connectivity index (χ2n) is 13.0. The van der Waals surface area contributed by atoms with Gasteiger partial charge in [-0.05, 0) is 70.6 Å². The molecule has 0 aromatic carbocycles. The lowest BCUT2D eigenvalue weighted by atomic mass is 10.1. The van der Waals surface area contributed by atoms with Crippen LogP contribution in [0.1, 0.15) is 194 Å². The van der Waals surface area contributed by atoms with E-state index in [9.17, 15) is 9.90 Å². The quantitative estimate of drug-likeness (QED) is 0.0424. The lowest BCUT2D eigenvalue weighted by molar-refractivity contribution is -0.154. The van der Waals surface area contributed by atoms with Gasteiger partial charge >= 0.3 is 5.97 Å². The largest absolute Gasteiger partial charge is 0.457 e. The highest BCUT2D eigenvalue weighted by Gasteiger charge is 2.13. The van der Waals surface area contributed by atoms with E-state index in [0.29, 0.717) is 13.0 Å². The number of hydrogen-bond acceptors (Lipinski definition) is 4. The van der Waals surface area contributed by atoms with E-state index in [-0.39, 0.29) is 19.2 Å². The minimum absolute atomic E-state index is 0.177. The fourth-order valence-electron chi connectivity index (χ4n) is 5.47. The topological polar surface area (TPSA) is 55.8 Å². The van der Waals surface area contributed by atoms with Crippen molar-refractivity contribution in [2.45, 2.75) is 200 Å². The van der Waals surface area contributed by atoms with Gasteiger partial charge in [0.05, 0.1) is 13.2 Å². The van der Waals surface area contributed by atoms with Crippen LogP contribution in [0.25, 0.3) is 0 Å². The van der Waals surface area contributed by atoms with Crippen molar-refractivity contribution in [1.82, 2.24) is 0 Å². The summed E-state index contributed by atoms with van der Waals surface area (Å²) in [5.74, 6) is -0.212. The summed E-state index contributed by atoms with van der Waals surface area (Å²) in [6.45, 7) is 5.31. The maximum atomic E-state index is 12.1. The SMILES string of the molecule is CCCCCC/C=C\C/C=C\CCCCCCCCCCOCC(CO)OC(=O)CCCCCCC/C=C\CCCCCCC. The highest BCUT2D eigenvalue weighted by molar-refractivity contribution is 5.69. The summed E-state index contributed by atoms with van der Waals surface area (Å²) in [5.41, 5.74) is 0. The molecule has 1 atom stereocenters. The minimum atomic E-state index is -0.539. The molecule has 0 saturated heterocycles. The number of aliphatic hydroxyl groups excluding tert-OH is 1. The average Bonchev–Trinajstić information content (AvgIpc) is 3.05. The van der Waals surface area contributed by atoms with Crippen molar-refractivity contribution in [2.75, 3.05) is 19.8 Å². The summed E-state index contributed by atoms with van der Waals surface area (Å²) in [4.78, 5) is 12.1. The normalized spacial score (nSPS) is 12.7. The molecule has 0 saturated carbocycles. The summed E-state index contributed by atoms with van der Waals surface area (Å²) in [5, 5.41) is 9.57. The molecule has 0 bridgehead atoms. The summed E-state index contributed by atoms with van der Waals surface area (Å²) in [7, 11) is 0. The Morgan fingerprint density at radius 3 is 1.42 bits per heavy atom. The zero-order valence-electron chi connectivity index (χ0n) is 30.1. The van der Waals surface area contributed by atoms with E-state index in [1.54, 1.807) is 0 Å². The zero-order valence-corrected chi connectivity index (χ0v) is 30.1. The Labute approximate surface area is 280 Å². The average molecular weight is 633 g/mol. The smallest absolute Gasteiger partial charge is 0.306 e. The van der Waals surface area contributed by atoms with Crippen molar-refractivity contribution in [1.29, 1.82) is 0 Å². The maximum Gasteiger partial charge on any atom is 0.306 e. The molecule has 0 aliphatic carbocycles. The third-order valence-electron chi connectivity index (χ3n) is 8.44. The van der Waals surface area contributed by atoms with Crippen molar-refractivity contribution in [3.63, 3.8) is 0 Å². The lowest BCUT2D eigenvalue weighted by Crippen LogP contribution is -2.27. The molecule has 45 heavy (non-hydrogen) atoms. The molecule has 0 amide bonds. The molecule has 264 valence electrons. The fourth-order valence-corrected chi connectivity index (χ4v) is 5.47. The molecule has 0 heterocycles. The third-order valence-corrected chi connectivity index (χ3v) is 8.44. The number of hydrogen-bond donors (Lipinski definition) is 1. The Morgan fingerprint density at radius 1 is 0.533 bits per heavy atom. The number of rotatable bonds is 36. The van der Waals surface area contributed by atoms with Crippen LogP contribution < -0.4 is 0 Å². The van der Waals surface area contributed by atoms with E-state index >= 15 is 0 Å². The summed E-state index contributed by atoms with van der Waals surface area (Å²) in [6.07, 6.45) is 47.6. The molecule has 0 aliphatic rings. The van der Waals surface area contributed by atoms with Gasteiger partial charge in [-0.1, -0.05) is 153 Å². The number of ether oxygens (including phenoxy) is 2. The van der Waals surface area contributed by atoms with Gasteiger partial charge in [-0.15, -0.1) is 0 Å². The lowest BCUT2D eigenvalue weighted by Gasteiger charge is -2.15. The van der Waals surface area contributed by atoms with Gasteiger partial charge in [0.25, 0.3) is 0 Å². The molecular weight excluding hydrogens is 556 g/mol. The molecule has 1 N–H and O–H groups in total. The van der Waals surface area contributed by atoms with Gasteiger partial charge in [0.2, 0.25) is 0 Å². The number of aliphatic hydroxyl groups is 1. The predicted molar refractivity (Wildman–Crippen MR) is 196 cm³/mol. The van der Waals surface area contributed by atoms with Crippen molar-refractivity contribution < 1.29 is 19.4 Å². The Bertz CT molecular complexity index is 668. The number of carbonyl (C=O) groups is 1. The molecule has 4 heteroatoms. The van der Waals surface area contributed by atoms with Crippen LogP contribution in [-0.4, -0.2) is 37.0 Å². The van der Waals surface area contributed by atoms with Gasteiger partial charge in [-0.3, -0.25) is 4.79 Å². The Balaban J connectivity index is 3.45. The monoisotopic (exact) mass is 633 g/mol. The third kappa shape index (κ3) is 36.9. The van der Waals surface area contributed by atoms with E-state index in [1.165, 1.54) is 148 Å². The molecule has 1 unspecified atom stereocenters. The molecule has 0 aromatic rings. The van der Waals surface area contributed by atoms with Crippen LogP contribution in [-0.2, 0) is 14.3 Å². The van der Waals surface area contributed by atoms with E-state index < -0.39 is 6.10 Å². The Kier molecular flexibility index (Phi) is 37.6. The summed E-state index contributed by atoms with van der Waals surface area (Å²) in [6, 6.07) is 0. The van der Waals surface area contributed by atoms with Gasteiger partial charge in [-0.25, -0.2) is 0 Å². The van der Waals surface area contributed by atoms with Crippen molar-refractivity contribution in [3.8, 4) is 0 Å². The molecule has 0 aliphatic heterocycles. The van der Waals surface area contributed by atoms with Crippen LogP contribution >= 0.6 is 0 Å². The van der Waals surface area contributed by atoms with Gasteiger partial charge in [-0.2, -0.15) is 0 Å². The van der Waals surface area contributed by atoms with Crippen LogP contribution in [0, 0.1) is 0 Å². The highest BCUT2D eigenvalue weighted by Crippen LogP contribution is 2.12. The Morgan fingerprint density at radius 2 is 0.933 bits per heavy atom. The van der Waals surface area contributed by atoms with Crippen LogP contribution in [0.15, 0.2) is 36.5 Å². The molecule has 0 fully saturated rings. The number of unbranched alkanes of at least 4 members (excludes halogenated alkanes) is 22. The number of esters is 1. The second-order valence-corrected chi connectivity index (χ2v) is 13.0. The zero-order chi connectivity index (χ0) is 32.7. The van der Waals surface area contributed by atoms with Crippen molar-refractivity contribution in [3.05, 3.63) is 36.5 Å². The number of allylic oxidation sites excluding steroid dienone is 6. The van der Waals surface area contributed by atoms with Gasteiger partial charge < -0.3 is 14.6 Å². The van der Waals surface area contributed by atoms with Crippen LogP contribution in [0.4, 0.5) is 0 Å². The standard InChI is InChI=1S/C41H76O4/c1-3-5-7-9-11-13-15-17-19-20-21-22-23-25-27-29-31-33-35-37-44-39-40(38-42)45-41(43)36-34-32-30-28-26-24-18-16-14-12-10-8-6-4-2/h13,15-16,18-20,40,42H,3-12,14,17,21-39H2,1-2H3/b15-13-,18-16-,20-19-. The van der Waals surface area contributed by atoms with Crippen molar-refractivity contribution in [2.24, 2.45) is 0 Å². The second kappa shape index (κ2) is 38.8. The van der Waals surface area contributed by atoms with E-state index in [2.05, 4.69) is 50.3 Å². The fraction of sp³-hybridized carbons (Fsp3) is 0.829. The minimum Gasteiger partial charge on any atom is -0.457 e. The van der Waals surface area contributed by atoms with E-state index in [4.69, 9.17) is 9.47 Å². The highest BCUT2D eigenvalue weighted by atomic mass is 16.6. The molecule has 0 spiro atoms. The van der Waals surface area contributed by atoms with Crippen molar-refractivity contribution >= 4 is 5.97 Å². The number of carbonyl (C=O) groups excluding carboxylic acids is 1.